The van der Waals surface area contributed by atoms with Crippen LogP contribution in [0.4, 0.5) is 0 Å². The van der Waals surface area contributed by atoms with Gasteiger partial charge >= 0.3 is 0 Å². The number of hydrogen-bond acceptors (Lipinski definition) is 3. The lowest BCUT2D eigenvalue weighted by Crippen LogP contribution is -2.41. The van der Waals surface area contributed by atoms with Crippen molar-refractivity contribution in [2.24, 2.45) is 10.9 Å². The summed E-state index contributed by atoms with van der Waals surface area (Å²) in [6.45, 7) is 3.91. The molecule has 0 atom stereocenters. The Bertz CT molecular complexity index is 435. The van der Waals surface area contributed by atoms with Crippen molar-refractivity contribution in [2.75, 3.05) is 20.6 Å². The van der Waals surface area contributed by atoms with Gasteiger partial charge in [0.05, 0.1) is 17.2 Å². The van der Waals surface area contributed by atoms with Crippen molar-refractivity contribution in [3.8, 4) is 0 Å². The highest BCUT2D eigenvalue weighted by Crippen LogP contribution is 2.22. The van der Waals surface area contributed by atoms with E-state index in [1.807, 2.05) is 14.0 Å². The third-order valence-electron chi connectivity index (χ3n) is 3.91. The Labute approximate surface area is 126 Å². The summed E-state index contributed by atoms with van der Waals surface area (Å²) >= 11 is 1.70. The molecule has 1 saturated carbocycles. The first-order valence-corrected chi connectivity index (χ1v) is 8.40. The van der Waals surface area contributed by atoms with Crippen molar-refractivity contribution in [3.63, 3.8) is 0 Å². The van der Waals surface area contributed by atoms with Crippen molar-refractivity contribution in [3.05, 3.63) is 16.1 Å². The molecule has 0 bridgehead atoms. The number of aryl methyl sites for hydroxylation is 1. The number of thiazole rings is 1. The highest BCUT2D eigenvalue weighted by molar-refractivity contribution is 7.09. The van der Waals surface area contributed by atoms with Crippen molar-refractivity contribution in [1.82, 2.24) is 15.2 Å². The molecule has 1 aliphatic carbocycles. The van der Waals surface area contributed by atoms with Crippen LogP contribution in [0.5, 0.6) is 0 Å². The van der Waals surface area contributed by atoms with Crippen LogP contribution in [0.25, 0.3) is 0 Å². The summed E-state index contributed by atoms with van der Waals surface area (Å²) in [5.41, 5.74) is 1.12. The van der Waals surface area contributed by atoms with Crippen LogP contribution in [0.1, 0.15) is 42.8 Å². The van der Waals surface area contributed by atoms with Crippen LogP contribution in [0, 0.1) is 12.8 Å². The quantitative estimate of drug-likeness (QED) is 0.685. The average molecular weight is 294 g/mol. The van der Waals surface area contributed by atoms with Crippen LogP contribution in [-0.4, -0.2) is 36.5 Å². The molecular weight excluding hydrogens is 268 g/mol. The Kier molecular flexibility index (Phi) is 5.83. The van der Waals surface area contributed by atoms with Gasteiger partial charge in [-0.1, -0.05) is 19.3 Å². The third kappa shape index (κ3) is 4.47. The first-order valence-electron chi connectivity index (χ1n) is 7.52. The molecule has 1 aliphatic rings. The van der Waals surface area contributed by atoms with Gasteiger partial charge in [-0.05, 0) is 25.7 Å². The molecule has 0 amide bonds. The Hall–Kier alpha value is -1.10. The predicted molar refractivity (Wildman–Crippen MR) is 86.3 cm³/mol. The van der Waals surface area contributed by atoms with E-state index in [9.17, 15) is 0 Å². The van der Waals surface area contributed by atoms with Crippen LogP contribution in [0.2, 0.25) is 0 Å². The molecule has 4 nitrogen and oxygen atoms in total. The number of aromatic nitrogens is 1. The molecule has 0 spiro atoms. The third-order valence-corrected chi connectivity index (χ3v) is 4.74. The molecule has 1 heterocycles. The molecule has 20 heavy (non-hydrogen) atoms. The highest BCUT2D eigenvalue weighted by atomic mass is 32.1. The number of hydrogen-bond donors (Lipinski definition) is 1. The summed E-state index contributed by atoms with van der Waals surface area (Å²) in [6, 6.07) is 0. The molecule has 1 aromatic rings. The maximum Gasteiger partial charge on any atom is 0.193 e. The summed E-state index contributed by atoms with van der Waals surface area (Å²) in [7, 11) is 3.93. The van der Waals surface area contributed by atoms with Crippen molar-refractivity contribution in [2.45, 2.75) is 45.6 Å². The number of rotatable bonds is 4. The molecule has 0 aromatic carbocycles. The van der Waals surface area contributed by atoms with Gasteiger partial charge < -0.3 is 10.2 Å². The van der Waals surface area contributed by atoms with Gasteiger partial charge in [0.25, 0.3) is 0 Å². The molecule has 0 saturated heterocycles. The summed E-state index contributed by atoms with van der Waals surface area (Å²) in [5.74, 6) is 1.79. The van der Waals surface area contributed by atoms with E-state index in [-0.39, 0.29) is 0 Å². The van der Waals surface area contributed by atoms with Gasteiger partial charge in [-0.15, -0.1) is 11.3 Å². The van der Waals surface area contributed by atoms with Gasteiger partial charge in [-0.25, -0.2) is 4.98 Å². The van der Waals surface area contributed by atoms with Gasteiger partial charge in [0, 0.05) is 26.0 Å². The molecule has 0 radical (unpaired) electrons. The van der Waals surface area contributed by atoms with E-state index in [2.05, 4.69) is 32.6 Å². The first-order chi connectivity index (χ1) is 9.69. The predicted octanol–water partition coefficient (Wildman–Crippen LogP) is 3.04. The van der Waals surface area contributed by atoms with Crippen LogP contribution in [-0.2, 0) is 6.54 Å². The number of nitrogens with one attached hydrogen (secondary N) is 1. The second-order valence-corrected chi connectivity index (χ2v) is 6.71. The Morgan fingerprint density at radius 3 is 2.80 bits per heavy atom. The monoisotopic (exact) mass is 294 g/mol. The standard InChI is InChI=1S/C15H26N4S/c1-12-18-14(11-20-12)10-19(3)15(16-2)17-9-13-7-5-4-6-8-13/h11,13H,4-10H2,1-3H3,(H,16,17). The lowest BCUT2D eigenvalue weighted by molar-refractivity contribution is 0.349. The Morgan fingerprint density at radius 1 is 1.45 bits per heavy atom. The van der Waals surface area contributed by atoms with Crippen LogP contribution in [0.3, 0.4) is 0 Å². The molecule has 1 fully saturated rings. The molecule has 2 rings (SSSR count). The highest BCUT2D eigenvalue weighted by Gasteiger charge is 2.15. The van der Waals surface area contributed by atoms with E-state index < -0.39 is 0 Å². The summed E-state index contributed by atoms with van der Waals surface area (Å²) in [4.78, 5) is 11.0. The second-order valence-electron chi connectivity index (χ2n) is 5.65. The first kappa shape index (κ1) is 15.3. The van der Waals surface area contributed by atoms with E-state index in [0.29, 0.717) is 0 Å². The minimum Gasteiger partial charge on any atom is -0.356 e. The van der Waals surface area contributed by atoms with Crippen LogP contribution in [0.15, 0.2) is 10.4 Å². The van der Waals surface area contributed by atoms with Crippen molar-refractivity contribution < 1.29 is 0 Å². The zero-order chi connectivity index (χ0) is 14.4. The molecule has 1 aromatic heterocycles. The zero-order valence-corrected chi connectivity index (χ0v) is 13.7. The molecule has 5 heteroatoms. The Balaban J connectivity index is 1.81. The molecule has 0 aliphatic heterocycles. The van der Waals surface area contributed by atoms with Gasteiger partial charge in [0.15, 0.2) is 5.96 Å². The van der Waals surface area contributed by atoms with E-state index in [0.717, 1.165) is 35.7 Å². The number of nitrogens with zero attached hydrogens (tertiary/aromatic N) is 3. The zero-order valence-electron chi connectivity index (χ0n) is 12.9. The SMILES string of the molecule is CN=C(NCC1CCCCC1)N(C)Cc1csc(C)n1. The number of aliphatic imine (C=N–C) groups is 1. The topological polar surface area (TPSA) is 40.5 Å². The smallest absolute Gasteiger partial charge is 0.193 e. The fourth-order valence-electron chi connectivity index (χ4n) is 2.81. The van der Waals surface area contributed by atoms with Gasteiger partial charge in [0.1, 0.15) is 0 Å². The second kappa shape index (κ2) is 7.62. The lowest BCUT2D eigenvalue weighted by Gasteiger charge is -2.26. The van der Waals surface area contributed by atoms with Crippen molar-refractivity contribution >= 4 is 17.3 Å². The summed E-state index contributed by atoms with van der Waals surface area (Å²) in [6.07, 6.45) is 6.91. The van der Waals surface area contributed by atoms with Gasteiger partial charge in [-0.3, -0.25) is 4.99 Å². The fourth-order valence-corrected chi connectivity index (χ4v) is 3.41. The summed E-state index contributed by atoms with van der Waals surface area (Å²) < 4.78 is 0. The lowest BCUT2D eigenvalue weighted by atomic mass is 9.89. The minimum atomic E-state index is 0.814. The van der Waals surface area contributed by atoms with Crippen LogP contribution < -0.4 is 5.32 Å². The Morgan fingerprint density at radius 2 is 2.20 bits per heavy atom. The summed E-state index contributed by atoms with van der Waals surface area (Å²) in [5, 5.41) is 6.77. The molecule has 1 N–H and O–H groups in total. The van der Waals surface area contributed by atoms with Crippen LogP contribution >= 0.6 is 11.3 Å². The van der Waals surface area contributed by atoms with E-state index in [4.69, 9.17) is 0 Å². The van der Waals surface area contributed by atoms with E-state index in [1.165, 1.54) is 32.1 Å². The van der Waals surface area contributed by atoms with E-state index >= 15 is 0 Å². The van der Waals surface area contributed by atoms with E-state index in [1.54, 1.807) is 11.3 Å². The molecular formula is C15H26N4S. The fraction of sp³-hybridized carbons (Fsp3) is 0.733. The largest absolute Gasteiger partial charge is 0.356 e. The molecule has 112 valence electrons. The van der Waals surface area contributed by atoms with Gasteiger partial charge in [-0.2, -0.15) is 0 Å². The maximum absolute atomic E-state index is 4.51. The number of guanidine groups is 1. The molecule has 0 unspecified atom stereocenters. The van der Waals surface area contributed by atoms with Gasteiger partial charge in [0.2, 0.25) is 0 Å². The van der Waals surface area contributed by atoms with Crippen molar-refractivity contribution in [1.29, 1.82) is 0 Å². The normalized spacial score (nSPS) is 17.2. The average Bonchev–Trinajstić information content (AvgIpc) is 2.86. The maximum atomic E-state index is 4.51. The minimum absolute atomic E-state index is 0.814.